The second-order valence-corrected chi connectivity index (χ2v) is 13.4. The molecule has 0 radical (unpaired) electrons. The van der Waals surface area contributed by atoms with Gasteiger partial charge in [-0.15, -0.1) is 11.3 Å². The Morgan fingerprint density at radius 1 is 0.930 bits per heavy atom. The fourth-order valence-electron chi connectivity index (χ4n) is 4.30. The molecular weight excluding hydrogens is 587 g/mol. The number of hydrogen-bond donors (Lipinski definition) is 5. The van der Waals surface area contributed by atoms with E-state index in [1.807, 2.05) is 37.3 Å². The van der Waals surface area contributed by atoms with Crippen molar-refractivity contribution in [3.05, 3.63) is 100 Å². The Morgan fingerprint density at radius 3 is 2.21 bits per heavy atom. The third kappa shape index (κ3) is 10.9. The largest absolute Gasteiger partial charge is 0.368 e. The molecule has 0 aliphatic rings. The maximum absolute atomic E-state index is 13.6. The molecule has 1 aromatic heterocycles. The summed E-state index contributed by atoms with van der Waals surface area (Å²) in [7, 11) is -4.33. The number of nitrogens with two attached hydrogens (primary N) is 1. The highest BCUT2D eigenvalue weighted by Crippen LogP contribution is 2.46. The quantitative estimate of drug-likeness (QED) is 0.152. The number of thiophene rings is 1. The highest BCUT2D eigenvalue weighted by Gasteiger charge is 2.36. The Bertz CT molecular complexity index is 1430. The molecule has 4 atom stereocenters. The molecule has 4 amide bonds. The maximum Gasteiger partial charge on any atom is 0.262 e. The predicted molar refractivity (Wildman–Crippen MR) is 168 cm³/mol. The predicted octanol–water partition coefficient (Wildman–Crippen LogP) is 3.68. The van der Waals surface area contributed by atoms with Crippen LogP contribution in [0.2, 0.25) is 0 Å². The van der Waals surface area contributed by atoms with Gasteiger partial charge in [-0.05, 0) is 35.4 Å². The third-order valence-electron chi connectivity index (χ3n) is 6.54. The number of rotatable bonds is 16. The Kier molecular flexibility index (Phi) is 12.9. The number of amides is 4. The highest BCUT2D eigenvalue weighted by atomic mass is 32.1. The molecule has 0 fully saturated rings. The van der Waals surface area contributed by atoms with Crippen molar-refractivity contribution in [1.82, 2.24) is 16.0 Å². The third-order valence-corrected chi connectivity index (χ3v) is 9.44. The number of primary amides is 1. The fourth-order valence-corrected chi connectivity index (χ4v) is 6.46. The Labute approximate surface area is 255 Å². The number of hydrogen-bond acceptors (Lipinski definition) is 6. The molecule has 10 nitrogen and oxygen atoms in total. The number of carbonyl (C=O) groups excluding carboxylic acids is 4. The molecule has 0 saturated heterocycles. The summed E-state index contributed by atoms with van der Waals surface area (Å²) in [5, 5.41) is 9.46. The van der Waals surface area contributed by atoms with Gasteiger partial charge in [0.1, 0.15) is 24.0 Å². The first-order valence-corrected chi connectivity index (χ1v) is 16.7. The van der Waals surface area contributed by atoms with Crippen LogP contribution < -0.4 is 21.7 Å². The van der Waals surface area contributed by atoms with Crippen molar-refractivity contribution in [2.45, 2.75) is 50.5 Å². The van der Waals surface area contributed by atoms with E-state index >= 15 is 0 Å². The summed E-state index contributed by atoms with van der Waals surface area (Å²) >= 11 is 1.19. The molecule has 0 aliphatic carbocycles. The van der Waals surface area contributed by atoms with Gasteiger partial charge < -0.3 is 26.6 Å². The van der Waals surface area contributed by atoms with Crippen molar-refractivity contribution < 1.29 is 28.6 Å². The molecule has 6 N–H and O–H groups in total. The van der Waals surface area contributed by atoms with E-state index < -0.39 is 55.0 Å². The van der Waals surface area contributed by atoms with Gasteiger partial charge in [0.15, 0.2) is 0 Å². The summed E-state index contributed by atoms with van der Waals surface area (Å²) in [4.78, 5) is 62.4. The van der Waals surface area contributed by atoms with E-state index in [9.17, 15) is 28.6 Å². The van der Waals surface area contributed by atoms with Crippen LogP contribution in [0.25, 0.3) is 6.08 Å². The van der Waals surface area contributed by atoms with E-state index in [1.165, 1.54) is 11.3 Å². The van der Waals surface area contributed by atoms with Crippen molar-refractivity contribution in [3.8, 4) is 0 Å². The van der Waals surface area contributed by atoms with Crippen molar-refractivity contribution >= 4 is 48.4 Å². The van der Waals surface area contributed by atoms with Gasteiger partial charge in [-0.25, -0.2) is 0 Å². The average molecular weight is 625 g/mol. The lowest BCUT2D eigenvalue weighted by atomic mass is 10.1. The average Bonchev–Trinajstić information content (AvgIpc) is 3.52. The molecule has 0 bridgehead atoms. The van der Waals surface area contributed by atoms with Gasteiger partial charge in [-0.2, -0.15) is 0 Å². The van der Waals surface area contributed by atoms with Crippen LogP contribution in [0, 0.1) is 0 Å². The summed E-state index contributed by atoms with van der Waals surface area (Å²) in [6.07, 6.45) is 3.60. The lowest BCUT2D eigenvalue weighted by Gasteiger charge is -2.25. The van der Waals surface area contributed by atoms with Gasteiger partial charge in [-0.3, -0.25) is 23.7 Å². The van der Waals surface area contributed by atoms with E-state index in [-0.39, 0.29) is 19.3 Å². The van der Waals surface area contributed by atoms with Crippen LogP contribution in [0.1, 0.15) is 47.0 Å². The van der Waals surface area contributed by atoms with Crippen LogP contribution in [0.15, 0.2) is 84.3 Å². The minimum absolute atomic E-state index is 0.0225. The van der Waals surface area contributed by atoms with Crippen molar-refractivity contribution in [1.29, 1.82) is 0 Å². The molecule has 2 aromatic carbocycles. The van der Waals surface area contributed by atoms with Gasteiger partial charge >= 0.3 is 0 Å². The first kappa shape index (κ1) is 33.5. The van der Waals surface area contributed by atoms with Crippen molar-refractivity contribution in [2.75, 3.05) is 6.16 Å². The zero-order chi connectivity index (χ0) is 31.2. The molecule has 0 saturated carbocycles. The number of benzene rings is 2. The fraction of sp³-hybridized carbons (Fsp3) is 0.290. The van der Waals surface area contributed by atoms with E-state index in [0.29, 0.717) is 16.9 Å². The minimum atomic E-state index is -4.33. The minimum Gasteiger partial charge on any atom is -0.368 e. The van der Waals surface area contributed by atoms with E-state index in [4.69, 9.17) is 5.73 Å². The first-order valence-electron chi connectivity index (χ1n) is 13.9. The monoisotopic (exact) mass is 624 g/mol. The molecule has 3 aromatic rings. The van der Waals surface area contributed by atoms with Gasteiger partial charge in [0.05, 0.1) is 4.88 Å². The number of nitrogens with one attached hydrogen (secondary N) is 3. The van der Waals surface area contributed by atoms with E-state index in [1.54, 1.807) is 60.0 Å². The molecule has 43 heavy (non-hydrogen) atoms. The molecule has 3 rings (SSSR count). The van der Waals surface area contributed by atoms with Crippen LogP contribution in [0.3, 0.4) is 0 Å². The SMILES string of the molecule is CCC[C@H](NC(=O)CP(=O)(O)C(Cc1ccccc1)NC(=O)c1cccs1)C(=O)N[C@@H](C/C=C/c1ccccc1)C(N)=O. The van der Waals surface area contributed by atoms with Crippen molar-refractivity contribution in [2.24, 2.45) is 5.73 Å². The lowest BCUT2D eigenvalue weighted by Crippen LogP contribution is -2.53. The Morgan fingerprint density at radius 2 is 1.60 bits per heavy atom. The van der Waals surface area contributed by atoms with Gasteiger partial charge in [0, 0.05) is 6.42 Å². The van der Waals surface area contributed by atoms with Crippen LogP contribution in [0.4, 0.5) is 0 Å². The lowest BCUT2D eigenvalue weighted by molar-refractivity contribution is -0.130. The molecule has 0 spiro atoms. The van der Waals surface area contributed by atoms with Crippen LogP contribution in [-0.4, -0.2) is 52.6 Å². The summed E-state index contributed by atoms with van der Waals surface area (Å²) in [6.45, 7) is 1.81. The molecule has 0 aliphatic heterocycles. The van der Waals surface area contributed by atoms with E-state index in [0.717, 1.165) is 5.56 Å². The second-order valence-electron chi connectivity index (χ2n) is 9.99. The van der Waals surface area contributed by atoms with Crippen LogP contribution in [-0.2, 0) is 25.4 Å². The topological polar surface area (TPSA) is 168 Å². The Hall–Kier alpha value is -4.05. The summed E-state index contributed by atoms with van der Waals surface area (Å²) < 4.78 is 13.6. The van der Waals surface area contributed by atoms with Crippen molar-refractivity contribution in [3.63, 3.8) is 0 Å². The summed E-state index contributed by atoms with van der Waals surface area (Å²) in [5.41, 5.74) is 7.14. The standard InChI is InChI=1S/C31H37N4O6PS/c1-2-11-25(30(38)34-24(29(32)37)17-9-16-22-12-5-3-6-13-22)33-27(36)21-42(40,41)28(20-23-14-7-4-8-15-23)35-31(39)26-18-10-19-43-26/h3-10,12-16,18-19,24-25,28H,2,11,17,20-21H2,1H3,(H2,32,37)(H,33,36)(H,34,38)(H,35,39)(H,40,41)/b16-9+/t24-,25-,28?/m0/s1. The Balaban J connectivity index is 1.68. The molecular formula is C31H37N4O6PS. The first-order chi connectivity index (χ1) is 20.6. The zero-order valence-electron chi connectivity index (χ0n) is 23.8. The van der Waals surface area contributed by atoms with E-state index in [2.05, 4.69) is 16.0 Å². The summed E-state index contributed by atoms with van der Waals surface area (Å²) in [5.74, 6) is -3.97. The summed E-state index contributed by atoms with van der Waals surface area (Å²) in [6, 6.07) is 19.5. The number of carbonyl (C=O) groups is 4. The molecule has 12 heteroatoms. The highest BCUT2D eigenvalue weighted by molar-refractivity contribution is 7.59. The molecule has 228 valence electrons. The van der Waals surface area contributed by atoms with Gasteiger partial charge in [0.25, 0.3) is 5.91 Å². The van der Waals surface area contributed by atoms with Crippen LogP contribution >= 0.6 is 18.7 Å². The maximum atomic E-state index is 13.6. The normalized spacial score (nSPS) is 14.7. The molecule has 2 unspecified atom stereocenters. The smallest absolute Gasteiger partial charge is 0.262 e. The zero-order valence-corrected chi connectivity index (χ0v) is 25.6. The van der Waals surface area contributed by atoms with Gasteiger partial charge in [0.2, 0.25) is 25.1 Å². The van der Waals surface area contributed by atoms with Crippen LogP contribution in [0.5, 0.6) is 0 Å². The van der Waals surface area contributed by atoms with Gasteiger partial charge in [-0.1, -0.05) is 92.2 Å². The molecule has 1 heterocycles. The second kappa shape index (κ2) is 16.6.